The highest BCUT2D eigenvalue weighted by Crippen LogP contribution is 2.47. The molecule has 272 valence electrons. The molecule has 0 amide bonds. The number of aromatic nitrogens is 4. The fourth-order valence-electron chi connectivity index (χ4n) is 7.80. The molecule has 0 unspecified atom stereocenters. The Hall–Kier alpha value is -7.41. The first-order valence-electron chi connectivity index (χ1n) is 19.2. The lowest BCUT2D eigenvalue weighted by Gasteiger charge is -2.16. The summed E-state index contributed by atoms with van der Waals surface area (Å²) in [5.41, 5.74) is 14.8. The van der Waals surface area contributed by atoms with Crippen molar-refractivity contribution in [3.63, 3.8) is 0 Å². The first kappa shape index (κ1) is 33.9. The van der Waals surface area contributed by atoms with E-state index in [1.165, 1.54) is 16.0 Å². The Kier molecular flexibility index (Phi) is 8.34. The number of nitrogens with zero attached hydrogens (tertiary/aromatic N) is 4. The van der Waals surface area contributed by atoms with E-state index < -0.39 is 0 Å². The molecule has 0 saturated carbocycles. The summed E-state index contributed by atoms with van der Waals surface area (Å²) in [6.45, 7) is 0. The van der Waals surface area contributed by atoms with Crippen LogP contribution < -0.4 is 0 Å². The molecule has 10 aromatic rings. The van der Waals surface area contributed by atoms with Gasteiger partial charge in [-0.3, -0.25) is 9.97 Å². The smallest absolute Gasteiger partial charge is 0.161 e. The summed E-state index contributed by atoms with van der Waals surface area (Å²) < 4.78 is 6.53. The lowest BCUT2D eigenvalue weighted by atomic mass is 9.93. The molecule has 0 spiro atoms. The van der Waals surface area contributed by atoms with Gasteiger partial charge in [0.25, 0.3) is 0 Å². The third-order valence-corrected chi connectivity index (χ3v) is 11.8. The molecule has 6 heteroatoms. The van der Waals surface area contributed by atoms with E-state index in [1.807, 2.05) is 67.0 Å². The molecule has 4 aromatic heterocycles. The third-order valence-electron chi connectivity index (χ3n) is 10.7. The fraction of sp³-hybridized carbons (Fsp3) is 0. The van der Waals surface area contributed by atoms with Gasteiger partial charge >= 0.3 is 0 Å². The van der Waals surface area contributed by atoms with E-state index >= 15 is 0 Å². The Morgan fingerprint density at radius 2 is 1.16 bits per heavy atom. The maximum Gasteiger partial charge on any atom is 0.161 e. The van der Waals surface area contributed by atoms with E-state index in [9.17, 15) is 0 Å². The quantitative estimate of drug-likeness (QED) is 0.178. The number of pyridine rings is 2. The average Bonchev–Trinajstić information content (AvgIpc) is 3.65. The van der Waals surface area contributed by atoms with Crippen LogP contribution in [0.5, 0.6) is 0 Å². The van der Waals surface area contributed by atoms with Crippen LogP contribution in [0.2, 0.25) is 0 Å². The van der Waals surface area contributed by atoms with E-state index in [2.05, 4.69) is 126 Å². The van der Waals surface area contributed by atoms with Crippen molar-refractivity contribution < 1.29 is 4.42 Å². The van der Waals surface area contributed by atoms with Crippen LogP contribution in [0.15, 0.2) is 197 Å². The van der Waals surface area contributed by atoms with Crippen molar-refractivity contribution in [3.8, 4) is 67.4 Å². The van der Waals surface area contributed by atoms with Gasteiger partial charge in [0, 0.05) is 61.4 Å². The number of hydrogen-bond acceptors (Lipinski definition) is 6. The maximum absolute atomic E-state index is 6.53. The third kappa shape index (κ3) is 6.17. The van der Waals surface area contributed by atoms with Gasteiger partial charge in [-0.2, -0.15) is 0 Å². The zero-order valence-electron chi connectivity index (χ0n) is 31.1. The summed E-state index contributed by atoms with van der Waals surface area (Å²) in [6, 6.07) is 57.1. The Balaban J connectivity index is 1.13. The summed E-state index contributed by atoms with van der Waals surface area (Å²) in [5.74, 6) is 0.603. The first-order valence-corrected chi connectivity index (χ1v) is 20.0. The maximum atomic E-state index is 6.53. The van der Waals surface area contributed by atoms with E-state index in [0.29, 0.717) is 5.82 Å². The Bertz CT molecular complexity index is 3190. The van der Waals surface area contributed by atoms with Crippen molar-refractivity contribution in [1.82, 2.24) is 19.9 Å². The molecular weight excluding hydrogens is 729 g/mol. The Morgan fingerprint density at radius 3 is 2.00 bits per heavy atom. The van der Waals surface area contributed by atoms with Crippen LogP contribution in [0.4, 0.5) is 0 Å². The average molecular weight is 761 g/mol. The van der Waals surface area contributed by atoms with Crippen LogP contribution in [-0.2, 0) is 0 Å². The molecule has 5 nitrogen and oxygen atoms in total. The van der Waals surface area contributed by atoms with Crippen LogP contribution in [0, 0.1) is 0 Å². The van der Waals surface area contributed by atoms with E-state index in [-0.39, 0.29) is 0 Å². The number of hydrogen-bond donors (Lipinski definition) is 0. The first-order chi connectivity index (χ1) is 28.7. The standard InChI is InChI=1S/C52H32N4OS/c1-2-12-35(13-3-1)46-30-47(56-52(55-46)38-24-25-45(54-32-38)37-14-10-26-53-31-37)36-23-22-34-21-20-33-11-4-5-15-39(33)41-17-7-9-19-50(41)58-51-29-43-40-16-6-8-18-48(40)57-49(43)28-44(51)42(34)27-36/h1-32H. The second kappa shape index (κ2) is 14.3. The predicted octanol–water partition coefficient (Wildman–Crippen LogP) is 13.8. The van der Waals surface area contributed by atoms with Gasteiger partial charge in [0.2, 0.25) is 0 Å². The van der Waals surface area contributed by atoms with Gasteiger partial charge in [0.05, 0.1) is 17.1 Å². The lowest BCUT2D eigenvalue weighted by molar-refractivity contribution is 0.669. The van der Waals surface area contributed by atoms with Crippen molar-refractivity contribution in [2.45, 2.75) is 9.79 Å². The van der Waals surface area contributed by atoms with Crippen molar-refractivity contribution in [3.05, 3.63) is 194 Å². The molecular formula is C52H32N4OS. The minimum atomic E-state index is 0.603. The minimum Gasteiger partial charge on any atom is -0.456 e. The largest absolute Gasteiger partial charge is 0.456 e. The van der Waals surface area contributed by atoms with Crippen LogP contribution in [0.25, 0.3) is 102 Å². The molecule has 1 aliphatic heterocycles. The molecule has 0 bridgehead atoms. The molecule has 0 atom stereocenters. The molecule has 58 heavy (non-hydrogen) atoms. The van der Waals surface area contributed by atoms with Crippen molar-refractivity contribution in [2.75, 3.05) is 0 Å². The minimum absolute atomic E-state index is 0.603. The van der Waals surface area contributed by atoms with Gasteiger partial charge < -0.3 is 4.42 Å². The SMILES string of the molecule is C1=Cc2ccc(-c3cc(-c4ccccc4)nc(-c4ccc(-c5cccnc5)nc4)n3)cc2-c2cc3oc4ccccc4c3cc2Sc2ccccc2-c2ccccc21. The summed E-state index contributed by atoms with van der Waals surface area (Å²) in [4.78, 5) is 21.7. The van der Waals surface area contributed by atoms with E-state index in [0.717, 1.165) is 88.4 Å². The van der Waals surface area contributed by atoms with Crippen LogP contribution in [-0.4, -0.2) is 19.9 Å². The molecule has 5 heterocycles. The predicted molar refractivity (Wildman–Crippen MR) is 237 cm³/mol. The topological polar surface area (TPSA) is 64.7 Å². The second-order valence-corrected chi connectivity index (χ2v) is 15.3. The fourth-order valence-corrected chi connectivity index (χ4v) is 8.92. The van der Waals surface area contributed by atoms with Crippen LogP contribution in [0.3, 0.4) is 0 Å². The number of benzene rings is 6. The second-order valence-electron chi connectivity index (χ2n) is 14.3. The summed E-state index contributed by atoms with van der Waals surface area (Å²) in [6.07, 6.45) is 9.90. The van der Waals surface area contributed by atoms with Crippen molar-refractivity contribution in [2.24, 2.45) is 0 Å². The van der Waals surface area contributed by atoms with Gasteiger partial charge in [0.1, 0.15) is 11.2 Å². The highest BCUT2D eigenvalue weighted by molar-refractivity contribution is 7.99. The summed E-state index contributed by atoms with van der Waals surface area (Å²) in [5, 5.41) is 2.20. The molecule has 0 aliphatic carbocycles. The summed E-state index contributed by atoms with van der Waals surface area (Å²) in [7, 11) is 0. The van der Waals surface area contributed by atoms with Gasteiger partial charge in [0.15, 0.2) is 5.82 Å². The Labute approximate surface area is 339 Å². The van der Waals surface area contributed by atoms with E-state index in [4.69, 9.17) is 19.4 Å². The Morgan fingerprint density at radius 1 is 0.414 bits per heavy atom. The van der Waals surface area contributed by atoms with Gasteiger partial charge in [-0.25, -0.2) is 9.97 Å². The van der Waals surface area contributed by atoms with E-state index in [1.54, 1.807) is 18.0 Å². The number of fused-ring (bicyclic) bond motifs is 9. The molecule has 11 rings (SSSR count). The number of para-hydroxylation sites is 1. The highest BCUT2D eigenvalue weighted by atomic mass is 32.2. The monoisotopic (exact) mass is 760 g/mol. The van der Waals surface area contributed by atoms with Crippen LogP contribution >= 0.6 is 11.8 Å². The van der Waals surface area contributed by atoms with Crippen molar-refractivity contribution >= 4 is 45.9 Å². The van der Waals surface area contributed by atoms with Gasteiger partial charge in [-0.15, -0.1) is 0 Å². The lowest BCUT2D eigenvalue weighted by Crippen LogP contribution is -1.97. The van der Waals surface area contributed by atoms with Crippen molar-refractivity contribution in [1.29, 1.82) is 0 Å². The molecule has 0 radical (unpaired) electrons. The normalized spacial score (nSPS) is 12.0. The zero-order chi connectivity index (χ0) is 38.4. The van der Waals surface area contributed by atoms with Crippen LogP contribution in [0.1, 0.15) is 11.1 Å². The number of rotatable bonds is 4. The number of furan rings is 1. The highest BCUT2D eigenvalue weighted by Gasteiger charge is 2.20. The molecule has 0 fully saturated rings. The molecule has 0 saturated heterocycles. The van der Waals surface area contributed by atoms with Gasteiger partial charge in [-0.1, -0.05) is 127 Å². The molecule has 1 aliphatic rings. The molecule has 0 N–H and O–H groups in total. The van der Waals surface area contributed by atoms with Gasteiger partial charge in [-0.05, 0) is 94.0 Å². The molecule has 6 aromatic carbocycles. The summed E-state index contributed by atoms with van der Waals surface area (Å²) >= 11 is 1.80. The zero-order valence-corrected chi connectivity index (χ0v) is 31.9.